The van der Waals surface area contributed by atoms with E-state index >= 15 is 0 Å². The fraction of sp³-hybridized carbons (Fsp3) is 0.222. The third-order valence-corrected chi connectivity index (χ3v) is 4.58. The van der Waals surface area contributed by atoms with Crippen molar-refractivity contribution in [2.45, 2.75) is 19.1 Å². The number of ether oxygens (including phenoxy) is 1. The van der Waals surface area contributed by atoms with Crippen molar-refractivity contribution in [1.29, 1.82) is 0 Å². The number of halogens is 1. The Labute approximate surface area is 144 Å². The summed E-state index contributed by atoms with van der Waals surface area (Å²) in [6, 6.07) is 13.4. The first-order chi connectivity index (χ1) is 11.6. The van der Waals surface area contributed by atoms with Crippen molar-refractivity contribution < 1.29 is 9.53 Å². The molecular weight excluding hydrogens is 326 g/mol. The number of rotatable bonds is 3. The fourth-order valence-corrected chi connectivity index (χ4v) is 3.37. The largest absolute Gasteiger partial charge is 0.480 e. The van der Waals surface area contributed by atoms with Crippen molar-refractivity contribution in [2.24, 2.45) is 7.05 Å². The van der Waals surface area contributed by atoms with E-state index in [1.165, 1.54) is 0 Å². The van der Waals surface area contributed by atoms with Crippen LogP contribution in [0.5, 0.6) is 5.75 Å². The smallest absolute Gasteiger partial charge is 0.261 e. The number of hydrogen-bond acceptors (Lipinski definition) is 3. The summed E-state index contributed by atoms with van der Waals surface area (Å²) >= 11 is 6.29. The molecule has 1 unspecified atom stereocenters. The molecule has 1 N–H and O–H groups in total. The van der Waals surface area contributed by atoms with Crippen molar-refractivity contribution in [1.82, 2.24) is 15.1 Å². The number of aryl methyl sites for hydroxylation is 1. The van der Waals surface area contributed by atoms with Gasteiger partial charge in [-0.1, -0.05) is 35.9 Å². The average molecular weight is 342 g/mol. The van der Waals surface area contributed by atoms with E-state index in [4.69, 9.17) is 16.3 Å². The molecular formula is C18H16ClN3O2. The molecule has 1 aliphatic heterocycles. The molecule has 0 bridgehead atoms. The van der Waals surface area contributed by atoms with Crippen LogP contribution in [-0.4, -0.2) is 21.8 Å². The number of aromatic nitrogens is 2. The monoisotopic (exact) mass is 341 g/mol. The molecule has 5 nitrogen and oxygen atoms in total. The van der Waals surface area contributed by atoms with Crippen LogP contribution in [0.25, 0.3) is 10.9 Å². The molecule has 0 saturated carbocycles. The molecule has 0 spiro atoms. The van der Waals surface area contributed by atoms with Crippen LogP contribution in [0.15, 0.2) is 42.5 Å². The molecule has 2 aromatic carbocycles. The van der Waals surface area contributed by atoms with E-state index in [0.29, 0.717) is 18.0 Å². The summed E-state index contributed by atoms with van der Waals surface area (Å²) in [7, 11) is 1.86. The van der Waals surface area contributed by atoms with Crippen molar-refractivity contribution >= 4 is 28.4 Å². The van der Waals surface area contributed by atoms with Crippen molar-refractivity contribution in [3.8, 4) is 5.75 Å². The van der Waals surface area contributed by atoms with Gasteiger partial charge >= 0.3 is 0 Å². The fourth-order valence-electron chi connectivity index (χ4n) is 3.09. The molecule has 4 rings (SSSR count). The van der Waals surface area contributed by atoms with Crippen LogP contribution in [0.2, 0.25) is 5.02 Å². The number of nitrogens with zero attached hydrogens (tertiary/aromatic N) is 2. The summed E-state index contributed by atoms with van der Waals surface area (Å²) < 4.78 is 7.48. The third kappa shape index (κ3) is 2.51. The number of para-hydroxylation sites is 1. The van der Waals surface area contributed by atoms with Crippen LogP contribution in [0, 0.1) is 0 Å². The molecule has 6 heteroatoms. The van der Waals surface area contributed by atoms with Gasteiger partial charge in [-0.2, -0.15) is 5.10 Å². The number of nitrogens with one attached hydrogen (secondary N) is 1. The molecule has 1 aliphatic rings. The zero-order valence-electron chi connectivity index (χ0n) is 13.1. The van der Waals surface area contributed by atoms with E-state index in [-0.39, 0.29) is 5.91 Å². The molecule has 0 radical (unpaired) electrons. The Morgan fingerprint density at radius 2 is 2.17 bits per heavy atom. The minimum Gasteiger partial charge on any atom is -0.480 e. The average Bonchev–Trinajstić information content (AvgIpc) is 3.15. The third-order valence-electron chi connectivity index (χ3n) is 4.27. The van der Waals surface area contributed by atoms with Gasteiger partial charge in [-0.05, 0) is 23.8 Å². The zero-order chi connectivity index (χ0) is 16.7. The minimum absolute atomic E-state index is 0.142. The molecule has 1 aromatic heterocycles. The zero-order valence-corrected chi connectivity index (χ0v) is 13.9. The summed E-state index contributed by atoms with van der Waals surface area (Å²) in [5, 5.41) is 8.88. The highest BCUT2D eigenvalue weighted by Crippen LogP contribution is 2.29. The number of fused-ring (bicyclic) bond motifs is 2. The van der Waals surface area contributed by atoms with Crippen LogP contribution in [0.4, 0.5) is 0 Å². The lowest BCUT2D eigenvalue weighted by atomic mass is 10.1. The van der Waals surface area contributed by atoms with Gasteiger partial charge in [0, 0.05) is 18.9 Å². The van der Waals surface area contributed by atoms with Gasteiger partial charge in [-0.25, -0.2) is 0 Å². The summed E-state index contributed by atoms with van der Waals surface area (Å²) in [4.78, 5) is 12.4. The molecule has 1 atom stereocenters. The quantitative estimate of drug-likeness (QED) is 0.797. The first-order valence-electron chi connectivity index (χ1n) is 7.76. The van der Waals surface area contributed by atoms with Gasteiger partial charge in [-0.15, -0.1) is 0 Å². The molecule has 1 amide bonds. The van der Waals surface area contributed by atoms with E-state index in [1.807, 2.05) is 49.5 Å². The topological polar surface area (TPSA) is 56.2 Å². The highest BCUT2D eigenvalue weighted by molar-refractivity contribution is 6.35. The summed E-state index contributed by atoms with van der Waals surface area (Å²) in [5.74, 6) is 0.640. The Bertz CT molecular complexity index is 910. The van der Waals surface area contributed by atoms with E-state index < -0.39 is 6.10 Å². The lowest BCUT2D eigenvalue weighted by molar-refractivity contribution is -0.127. The van der Waals surface area contributed by atoms with Gasteiger partial charge in [0.2, 0.25) is 0 Å². The van der Waals surface area contributed by atoms with Gasteiger partial charge in [0.15, 0.2) is 6.10 Å². The predicted molar refractivity (Wildman–Crippen MR) is 92.1 cm³/mol. The van der Waals surface area contributed by atoms with Crippen LogP contribution < -0.4 is 10.1 Å². The van der Waals surface area contributed by atoms with Crippen LogP contribution >= 0.6 is 11.6 Å². The number of carbonyl (C=O) groups is 1. The van der Waals surface area contributed by atoms with Crippen LogP contribution in [0.1, 0.15) is 11.3 Å². The second-order valence-corrected chi connectivity index (χ2v) is 6.25. The minimum atomic E-state index is -0.493. The van der Waals surface area contributed by atoms with Crippen LogP contribution in [0.3, 0.4) is 0 Å². The lowest BCUT2D eigenvalue weighted by Crippen LogP contribution is -2.37. The molecule has 0 saturated heterocycles. The molecule has 122 valence electrons. The van der Waals surface area contributed by atoms with E-state index in [1.54, 1.807) is 4.68 Å². The summed E-state index contributed by atoms with van der Waals surface area (Å²) in [5.41, 5.74) is 2.75. The van der Waals surface area contributed by atoms with Gasteiger partial charge < -0.3 is 10.1 Å². The van der Waals surface area contributed by atoms with E-state index in [2.05, 4.69) is 10.4 Å². The Balaban J connectivity index is 1.49. The van der Waals surface area contributed by atoms with Crippen molar-refractivity contribution in [3.63, 3.8) is 0 Å². The Morgan fingerprint density at radius 1 is 1.33 bits per heavy atom. The molecule has 0 aliphatic carbocycles. The summed E-state index contributed by atoms with van der Waals surface area (Å²) in [6.07, 6.45) is 0.0963. The normalized spacial score (nSPS) is 16.0. The molecule has 0 fully saturated rings. The number of carbonyl (C=O) groups excluding carboxylic acids is 1. The first-order valence-corrected chi connectivity index (χ1v) is 8.13. The number of benzene rings is 2. The van der Waals surface area contributed by atoms with E-state index in [0.717, 1.165) is 27.9 Å². The highest BCUT2D eigenvalue weighted by Gasteiger charge is 2.28. The van der Waals surface area contributed by atoms with Gasteiger partial charge in [0.25, 0.3) is 5.91 Å². The molecule has 3 aromatic rings. The van der Waals surface area contributed by atoms with Gasteiger partial charge in [0.1, 0.15) is 5.75 Å². The van der Waals surface area contributed by atoms with Gasteiger partial charge in [-0.3, -0.25) is 9.48 Å². The van der Waals surface area contributed by atoms with Crippen molar-refractivity contribution in [2.75, 3.05) is 0 Å². The van der Waals surface area contributed by atoms with Gasteiger partial charge in [0.05, 0.1) is 22.8 Å². The molecule has 2 heterocycles. The maximum atomic E-state index is 12.4. The second kappa shape index (κ2) is 5.83. The summed E-state index contributed by atoms with van der Waals surface area (Å²) in [6.45, 7) is 0.316. The Morgan fingerprint density at radius 3 is 3.00 bits per heavy atom. The molecule has 24 heavy (non-hydrogen) atoms. The number of hydrogen-bond donors (Lipinski definition) is 1. The predicted octanol–water partition coefficient (Wildman–Crippen LogP) is 2.85. The standard InChI is InChI=1S/C18H16ClN3O2/c1-22-14-7-4-6-12(19)17(14)13(21-22)10-20-18(23)16-9-11-5-2-3-8-15(11)24-16/h2-8,16H,9-10H2,1H3,(H,20,23). The maximum absolute atomic E-state index is 12.4. The Hall–Kier alpha value is -2.53. The SMILES string of the molecule is Cn1nc(CNC(=O)C2Cc3ccccc3O2)c2c(Cl)cccc21. The lowest BCUT2D eigenvalue weighted by Gasteiger charge is -2.10. The first kappa shape index (κ1) is 15.0. The second-order valence-electron chi connectivity index (χ2n) is 5.84. The maximum Gasteiger partial charge on any atom is 0.261 e. The Kier molecular flexibility index (Phi) is 3.65. The number of amides is 1. The highest BCUT2D eigenvalue weighted by atomic mass is 35.5. The van der Waals surface area contributed by atoms with Crippen molar-refractivity contribution in [3.05, 3.63) is 58.7 Å². The van der Waals surface area contributed by atoms with Crippen LogP contribution in [-0.2, 0) is 24.8 Å². The van der Waals surface area contributed by atoms with E-state index in [9.17, 15) is 4.79 Å².